The van der Waals surface area contributed by atoms with Gasteiger partial charge in [0.2, 0.25) is 0 Å². The number of piperidine rings is 1. The summed E-state index contributed by atoms with van der Waals surface area (Å²) in [4.78, 5) is 19.6. The highest BCUT2D eigenvalue weighted by Crippen LogP contribution is 2.22. The number of rotatable bonds is 3. The van der Waals surface area contributed by atoms with Crippen LogP contribution in [0, 0.1) is 6.92 Å². The van der Waals surface area contributed by atoms with Crippen LogP contribution in [0.1, 0.15) is 29.0 Å². The smallest absolute Gasteiger partial charge is 0.251 e. The third-order valence-corrected chi connectivity index (χ3v) is 5.06. The number of hydrogen-bond acceptors (Lipinski definition) is 3. The Labute approximate surface area is 153 Å². The van der Waals surface area contributed by atoms with Crippen molar-refractivity contribution in [2.75, 3.05) is 20.1 Å². The van der Waals surface area contributed by atoms with E-state index < -0.39 is 0 Å². The largest absolute Gasteiger partial charge is 0.348 e. The number of nitrogens with zero attached hydrogens (tertiary/aromatic N) is 3. The topological polar surface area (TPSA) is 50.2 Å². The van der Waals surface area contributed by atoms with Crippen LogP contribution in [0.4, 0.5) is 0 Å². The predicted molar refractivity (Wildman–Crippen MR) is 104 cm³/mol. The molecular weight excluding hydrogens is 324 g/mol. The number of fused-ring (bicyclic) bond motifs is 1. The van der Waals surface area contributed by atoms with E-state index in [1.807, 2.05) is 43.3 Å². The molecule has 0 radical (unpaired) electrons. The lowest BCUT2D eigenvalue weighted by atomic mass is 10.1. The van der Waals surface area contributed by atoms with E-state index in [1.54, 1.807) is 0 Å². The van der Waals surface area contributed by atoms with Crippen LogP contribution in [-0.2, 0) is 0 Å². The lowest BCUT2D eigenvalue weighted by molar-refractivity contribution is 0.0912. The number of benzene rings is 2. The summed E-state index contributed by atoms with van der Waals surface area (Å²) < 4.78 is 2.12. The summed E-state index contributed by atoms with van der Waals surface area (Å²) in [6.45, 7) is 4.01. The summed E-state index contributed by atoms with van der Waals surface area (Å²) in [7, 11) is 2.10. The lowest BCUT2D eigenvalue weighted by Crippen LogP contribution is -2.46. The second-order valence-electron chi connectivity index (χ2n) is 7.11. The second-order valence-corrected chi connectivity index (χ2v) is 7.11. The van der Waals surface area contributed by atoms with Crippen molar-refractivity contribution in [2.45, 2.75) is 25.8 Å². The SMILES string of the molecule is Cc1nc2cc(C(=O)N[C@H]3CCCN(C)C3)ccc2n1-c1ccccc1. The van der Waals surface area contributed by atoms with E-state index in [9.17, 15) is 4.79 Å². The molecule has 5 nitrogen and oxygen atoms in total. The summed E-state index contributed by atoms with van der Waals surface area (Å²) in [6.07, 6.45) is 2.17. The van der Waals surface area contributed by atoms with E-state index in [4.69, 9.17) is 0 Å². The number of carbonyl (C=O) groups is 1. The predicted octanol–water partition coefficient (Wildman–Crippen LogP) is 3.16. The molecule has 1 aromatic heterocycles. The molecule has 4 rings (SSSR count). The quantitative estimate of drug-likeness (QED) is 0.791. The van der Waals surface area contributed by atoms with Gasteiger partial charge in [0.25, 0.3) is 5.91 Å². The van der Waals surface area contributed by atoms with Crippen LogP contribution in [0.5, 0.6) is 0 Å². The molecule has 0 bridgehead atoms. The molecule has 0 aliphatic carbocycles. The van der Waals surface area contributed by atoms with Crippen molar-refractivity contribution in [3.05, 3.63) is 59.9 Å². The molecule has 0 spiro atoms. The van der Waals surface area contributed by atoms with E-state index in [1.165, 1.54) is 0 Å². The standard InChI is InChI=1S/C21H24N4O/c1-15-22-19-13-16(21(26)23-17-7-6-12-24(2)14-17)10-11-20(19)25(15)18-8-4-3-5-9-18/h3-5,8-11,13,17H,6-7,12,14H2,1-2H3,(H,23,26)/t17-/m0/s1. The van der Waals surface area contributed by atoms with Gasteiger partial charge in [-0.25, -0.2) is 4.98 Å². The summed E-state index contributed by atoms with van der Waals surface area (Å²) >= 11 is 0. The van der Waals surface area contributed by atoms with Gasteiger partial charge in [-0.1, -0.05) is 18.2 Å². The number of likely N-dealkylation sites (tertiary alicyclic amines) is 1. The minimum atomic E-state index is -0.0147. The molecule has 1 amide bonds. The van der Waals surface area contributed by atoms with Gasteiger partial charge in [0.15, 0.2) is 0 Å². The van der Waals surface area contributed by atoms with Gasteiger partial charge in [0.1, 0.15) is 5.82 Å². The van der Waals surface area contributed by atoms with Gasteiger partial charge < -0.3 is 10.2 Å². The van der Waals surface area contributed by atoms with Crippen molar-refractivity contribution in [1.82, 2.24) is 19.8 Å². The molecule has 3 aromatic rings. The molecule has 0 saturated carbocycles. The molecule has 1 fully saturated rings. The van der Waals surface area contributed by atoms with E-state index in [0.29, 0.717) is 5.56 Å². The summed E-state index contributed by atoms with van der Waals surface area (Å²) in [5.74, 6) is 0.900. The average molecular weight is 348 g/mol. The molecule has 1 atom stereocenters. The van der Waals surface area contributed by atoms with Crippen LogP contribution in [-0.4, -0.2) is 46.5 Å². The first-order chi connectivity index (χ1) is 12.6. The Morgan fingerprint density at radius 3 is 2.77 bits per heavy atom. The Morgan fingerprint density at radius 2 is 2.00 bits per heavy atom. The molecule has 1 N–H and O–H groups in total. The minimum absolute atomic E-state index is 0.0147. The van der Waals surface area contributed by atoms with Crippen LogP contribution in [0.15, 0.2) is 48.5 Å². The van der Waals surface area contributed by atoms with Crippen molar-refractivity contribution in [3.8, 4) is 5.69 Å². The first-order valence-electron chi connectivity index (χ1n) is 9.16. The first kappa shape index (κ1) is 16.8. The zero-order valence-corrected chi connectivity index (χ0v) is 15.3. The zero-order valence-electron chi connectivity index (χ0n) is 15.3. The highest BCUT2D eigenvalue weighted by atomic mass is 16.1. The summed E-state index contributed by atoms with van der Waals surface area (Å²) in [6, 6.07) is 16.2. The maximum atomic E-state index is 12.7. The number of aryl methyl sites for hydroxylation is 1. The number of imidazole rings is 1. The molecule has 134 valence electrons. The van der Waals surface area contributed by atoms with Gasteiger partial charge in [0.05, 0.1) is 11.0 Å². The van der Waals surface area contributed by atoms with Gasteiger partial charge in [0, 0.05) is 23.8 Å². The Bertz CT molecular complexity index is 932. The molecule has 2 aromatic carbocycles. The molecule has 1 aliphatic rings. The number of carbonyl (C=O) groups excluding carboxylic acids is 1. The summed E-state index contributed by atoms with van der Waals surface area (Å²) in [5, 5.41) is 3.17. The van der Waals surface area contributed by atoms with Crippen LogP contribution in [0.25, 0.3) is 16.7 Å². The van der Waals surface area contributed by atoms with Gasteiger partial charge in [-0.05, 0) is 63.7 Å². The molecule has 2 heterocycles. The number of hydrogen-bond donors (Lipinski definition) is 1. The monoisotopic (exact) mass is 348 g/mol. The average Bonchev–Trinajstić information content (AvgIpc) is 2.97. The maximum Gasteiger partial charge on any atom is 0.251 e. The fraction of sp³-hybridized carbons (Fsp3) is 0.333. The third-order valence-electron chi connectivity index (χ3n) is 5.06. The van der Waals surface area contributed by atoms with Gasteiger partial charge in [-0.2, -0.15) is 0 Å². The van der Waals surface area contributed by atoms with E-state index >= 15 is 0 Å². The highest BCUT2D eigenvalue weighted by Gasteiger charge is 2.20. The highest BCUT2D eigenvalue weighted by molar-refractivity contribution is 5.97. The van der Waals surface area contributed by atoms with Gasteiger partial charge in [-0.3, -0.25) is 9.36 Å². The third kappa shape index (κ3) is 3.22. The van der Waals surface area contributed by atoms with Crippen LogP contribution in [0.3, 0.4) is 0 Å². The van der Waals surface area contributed by atoms with Crippen LogP contribution < -0.4 is 5.32 Å². The van der Waals surface area contributed by atoms with Crippen molar-refractivity contribution < 1.29 is 4.79 Å². The van der Waals surface area contributed by atoms with Crippen molar-refractivity contribution in [2.24, 2.45) is 0 Å². The number of para-hydroxylation sites is 1. The fourth-order valence-electron chi connectivity index (χ4n) is 3.80. The normalized spacial score (nSPS) is 18.2. The molecule has 0 unspecified atom stereocenters. The Morgan fingerprint density at radius 1 is 1.19 bits per heavy atom. The second kappa shape index (κ2) is 6.92. The van der Waals surface area contributed by atoms with Crippen molar-refractivity contribution >= 4 is 16.9 Å². The Kier molecular flexibility index (Phi) is 4.47. The van der Waals surface area contributed by atoms with Crippen LogP contribution in [0.2, 0.25) is 0 Å². The van der Waals surface area contributed by atoms with Gasteiger partial charge >= 0.3 is 0 Å². The molecule has 5 heteroatoms. The van der Waals surface area contributed by atoms with E-state index in [2.05, 4.69) is 38.9 Å². The Balaban J connectivity index is 1.61. The summed E-state index contributed by atoms with van der Waals surface area (Å²) in [5.41, 5.74) is 3.61. The zero-order chi connectivity index (χ0) is 18.1. The maximum absolute atomic E-state index is 12.7. The van der Waals surface area contributed by atoms with Crippen molar-refractivity contribution in [1.29, 1.82) is 0 Å². The fourth-order valence-corrected chi connectivity index (χ4v) is 3.80. The molecular formula is C21H24N4O. The number of amides is 1. The van der Waals surface area contributed by atoms with Crippen molar-refractivity contribution in [3.63, 3.8) is 0 Å². The van der Waals surface area contributed by atoms with Crippen LogP contribution >= 0.6 is 0 Å². The first-order valence-corrected chi connectivity index (χ1v) is 9.16. The van der Waals surface area contributed by atoms with E-state index in [0.717, 1.165) is 48.5 Å². The lowest BCUT2D eigenvalue weighted by Gasteiger charge is -2.30. The molecule has 26 heavy (non-hydrogen) atoms. The molecule has 1 aliphatic heterocycles. The molecule has 1 saturated heterocycles. The minimum Gasteiger partial charge on any atom is -0.348 e. The number of aromatic nitrogens is 2. The number of likely N-dealkylation sites (N-methyl/N-ethyl adjacent to an activating group) is 1. The van der Waals surface area contributed by atoms with E-state index in [-0.39, 0.29) is 11.9 Å². The number of nitrogens with one attached hydrogen (secondary N) is 1. The van der Waals surface area contributed by atoms with Gasteiger partial charge in [-0.15, -0.1) is 0 Å². The Hall–Kier alpha value is -2.66.